The van der Waals surface area contributed by atoms with Gasteiger partial charge in [0.25, 0.3) is 0 Å². The maximum absolute atomic E-state index is 11.4. The van der Waals surface area contributed by atoms with Crippen molar-refractivity contribution in [2.24, 2.45) is 0 Å². The molecule has 0 radical (unpaired) electrons. The average molecular weight is 233 g/mol. The van der Waals surface area contributed by atoms with Crippen molar-refractivity contribution in [1.82, 2.24) is 9.78 Å². The Labute approximate surface area is 96.6 Å². The van der Waals surface area contributed by atoms with Crippen LogP contribution in [0.2, 0.25) is 0 Å². The van der Waals surface area contributed by atoms with Crippen LogP contribution < -0.4 is 5.73 Å². The van der Waals surface area contributed by atoms with E-state index in [0.29, 0.717) is 16.6 Å². The lowest BCUT2D eigenvalue weighted by atomic mass is 10.1. The van der Waals surface area contributed by atoms with Crippen LogP contribution >= 0.6 is 0 Å². The lowest BCUT2D eigenvalue weighted by Crippen LogP contribution is -2.10. The molecule has 0 unspecified atom stereocenters. The van der Waals surface area contributed by atoms with E-state index in [0.717, 1.165) is 0 Å². The molecule has 0 fully saturated rings. The Morgan fingerprint density at radius 3 is 2.76 bits per heavy atom. The fourth-order valence-corrected chi connectivity index (χ4v) is 1.71. The molecule has 1 aromatic heterocycles. The highest BCUT2D eigenvalue weighted by Gasteiger charge is 2.15. The number of aromatic nitrogens is 2. The van der Waals surface area contributed by atoms with Gasteiger partial charge in [-0.3, -0.25) is 14.3 Å². The lowest BCUT2D eigenvalue weighted by Gasteiger charge is -1.98. The molecule has 0 aliphatic heterocycles. The number of Topliss-reactive ketones (excluding diaryl/α,β-unsaturated/α-hetero) is 1. The highest BCUT2D eigenvalue weighted by molar-refractivity contribution is 6.05. The minimum absolute atomic E-state index is 0.218. The molecule has 3 N–H and O–H groups in total. The average Bonchev–Trinajstić information content (AvgIpc) is 2.55. The predicted molar refractivity (Wildman–Crippen MR) is 61.8 cm³/mol. The summed E-state index contributed by atoms with van der Waals surface area (Å²) in [6, 6.07) is 4.93. The molecule has 0 amide bonds. The zero-order chi connectivity index (χ0) is 12.6. The van der Waals surface area contributed by atoms with Crippen molar-refractivity contribution < 1.29 is 14.7 Å². The van der Waals surface area contributed by atoms with Crippen LogP contribution in [0.4, 0.5) is 5.69 Å². The number of rotatable bonds is 3. The largest absolute Gasteiger partial charge is 0.480 e. The first-order valence-electron chi connectivity index (χ1n) is 4.98. The molecule has 0 atom stereocenters. The molecular formula is C11H11N3O3. The molecule has 1 heterocycles. The monoisotopic (exact) mass is 233 g/mol. The second-order valence-corrected chi connectivity index (χ2v) is 3.73. The van der Waals surface area contributed by atoms with E-state index < -0.39 is 5.97 Å². The first-order valence-corrected chi connectivity index (χ1v) is 4.98. The Morgan fingerprint density at radius 1 is 1.47 bits per heavy atom. The van der Waals surface area contributed by atoms with Crippen LogP contribution in [0, 0.1) is 0 Å². The van der Waals surface area contributed by atoms with Gasteiger partial charge in [-0.25, -0.2) is 0 Å². The van der Waals surface area contributed by atoms with Crippen molar-refractivity contribution in [2.45, 2.75) is 13.5 Å². The van der Waals surface area contributed by atoms with Gasteiger partial charge in [0.1, 0.15) is 12.2 Å². The maximum atomic E-state index is 11.4. The number of fused-ring (bicyclic) bond motifs is 1. The van der Waals surface area contributed by atoms with Crippen molar-refractivity contribution in [2.75, 3.05) is 5.73 Å². The summed E-state index contributed by atoms with van der Waals surface area (Å²) >= 11 is 0. The van der Waals surface area contributed by atoms with Gasteiger partial charge >= 0.3 is 5.97 Å². The van der Waals surface area contributed by atoms with E-state index in [9.17, 15) is 9.59 Å². The molecule has 2 rings (SSSR count). The number of hydrogen-bond acceptors (Lipinski definition) is 4. The van der Waals surface area contributed by atoms with Gasteiger partial charge in [-0.15, -0.1) is 0 Å². The van der Waals surface area contributed by atoms with Gasteiger partial charge in [0.15, 0.2) is 5.78 Å². The zero-order valence-electron chi connectivity index (χ0n) is 9.17. The third-order valence-electron chi connectivity index (χ3n) is 2.39. The molecule has 1 aromatic carbocycles. The topological polar surface area (TPSA) is 98.2 Å². The van der Waals surface area contributed by atoms with Crippen LogP contribution in [0.25, 0.3) is 10.9 Å². The number of ketones is 1. The second-order valence-electron chi connectivity index (χ2n) is 3.73. The van der Waals surface area contributed by atoms with E-state index in [1.54, 1.807) is 18.2 Å². The third-order valence-corrected chi connectivity index (χ3v) is 2.39. The number of benzene rings is 1. The normalized spacial score (nSPS) is 10.6. The van der Waals surface area contributed by atoms with Crippen LogP contribution in [0.15, 0.2) is 18.2 Å². The summed E-state index contributed by atoms with van der Waals surface area (Å²) in [4.78, 5) is 22.1. The third kappa shape index (κ3) is 1.96. The van der Waals surface area contributed by atoms with Crippen molar-refractivity contribution in [1.29, 1.82) is 0 Å². The van der Waals surface area contributed by atoms with Crippen LogP contribution in [-0.4, -0.2) is 26.6 Å². The molecule has 6 nitrogen and oxygen atoms in total. The Morgan fingerprint density at radius 2 is 2.18 bits per heavy atom. The van der Waals surface area contributed by atoms with E-state index in [1.165, 1.54) is 11.6 Å². The molecule has 0 bridgehead atoms. The molecule has 0 aliphatic carbocycles. The highest BCUT2D eigenvalue weighted by Crippen LogP contribution is 2.21. The SMILES string of the molecule is CC(=O)c1nn(CC(=O)O)c2ccc(N)cc12. The molecule has 0 spiro atoms. The summed E-state index contributed by atoms with van der Waals surface area (Å²) in [6.45, 7) is 1.10. The van der Waals surface area contributed by atoms with E-state index >= 15 is 0 Å². The van der Waals surface area contributed by atoms with Crippen molar-refractivity contribution in [3.63, 3.8) is 0 Å². The fraction of sp³-hybridized carbons (Fsp3) is 0.182. The van der Waals surface area contributed by atoms with Gasteiger partial charge in [-0.1, -0.05) is 0 Å². The first-order chi connectivity index (χ1) is 7.99. The van der Waals surface area contributed by atoms with E-state index in [4.69, 9.17) is 10.8 Å². The number of aliphatic carboxylic acids is 1. The van der Waals surface area contributed by atoms with Crippen LogP contribution in [0.3, 0.4) is 0 Å². The van der Waals surface area contributed by atoms with Gasteiger partial charge < -0.3 is 10.8 Å². The molecule has 88 valence electrons. The Kier molecular flexibility index (Phi) is 2.55. The van der Waals surface area contributed by atoms with E-state index in [-0.39, 0.29) is 18.0 Å². The summed E-state index contributed by atoms with van der Waals surface area (Å²) in [5, 5.41) is 13.3. The summed E-state index contributed by atoms with van der Waals surface area (Å²) in [6.07, 6.45) is 0. The Balaban J connectivity index is 2.70. The summed E-state index contributed by atoms with van der Waals surface area (Å²) in [5.41, 5.74) is 6.98. The smallest absolute Gasteiger partial charge is 0.325 e. The van der Waals surface area contributed by atoms with Crippen molar-refractivity contribution >= 4 is 28.3 Å². The number of carboxylic acid groups (broad SMARTS) is 1. The first kappa shape index (κ1) is 11.1. The van der Waals surface area contributed by atoms with Crippen molar-refractivity contribution in [3.05, 3.63) is 23.9 Å². The summed E-state index contributed by atoms with van der Waals surface area (Å²) < 4.78 is 1.29. The molecule has 0 saturated carbocycles. The summed E-state index contributed by atoms with van der Waals surface area (Å²) in [5.74, 6) is -1.23. The fourth-order valence-electron chi connectivity index (χ4n) is 1.71. The Hall–Kier alpha value is -2.37. The van der Waals surface area contributed by atoms with Crippen LogP contribution in [0.5, 0.6) is 0 Å². The number of nitrogens with two attached hydrogens (primary N) is 1. The van der Waals surface area contributed by atoms with Gasteiger partial charge in [0.05, 0.1) is 5.52 Å². The zero-order valence-corrected chi connectivity index (χ0v) is 9.17. The molecule has 2 aromatic rings. The molecule has 17 heavy (non-hydrogen) atoms. The van der Waals surface area contributed by atoms with Crippen LogP contribution in [0.1, 0.15) is 17.4 Å². The number of carboxylic acids is 1. The quantitative estimate of drug-likeness (QED) is 0.606. The molecule has 6 heteroatoms. The minimum atomic E-state index is -1.01. The van der Waals surface area contributed by atoms with E-state index in [1.807, 2.05) is 0 Å². The predicted octanol–water partition coefficient (Wildman–Crippen LogP) is 0.906. The number of nitrogens with zero attached hydrogens (tertiary/aromatic N) is 2. The second kappa shape index (κ2) is 3.89. The Bertz CT molecular complexity index is 616. The molecule has 0 saturated heterocycles. The minimum Gasteiger partial charge on any atom is -0.480 e. The van der Waals surface area contributed by atoms with Crippen molar-refractivity contribution in [3.8, 4) is 0 Å². The van der Waals surface area contributed by atoms with Gasteiger partial charge in [-0.2, -0.15) is 5.10 Å². The standard InChI is InChI=1S/C11H11N3O3/c1-6(15)11-8-4-7(12)2-3-9(8)14(13-11)5-10(16)17/h2-4H,5,12H2,1H3,(H,16,17). The lowest BCUT2D eigenvalue weighted by molar-refractivity contribution is -0.137. The number of hydrogen-bond donors (Lipinski definition) is 2. The van der Waals surface area contributed by atoms with Gasteiger partial charge in [-0.05, 0) is 18.2 Å². The maximum Gasteiger partial charge on any atom is 0.325 e. The number of carbonyl (C=O) groups excluding carboxylic acids is 1. The highest BCUT2D eigenvalue weighted by atomic mass is 16.4. The molecule has 0 aliphatic rings. The van der Waals surface area contributed by atoms with E-state index in [2.05, 4.69) is 5.10 Å². The van der Waals surface area contributed by atoms with Crippen LogP contribution in [-0.2, 0) is 11.3 Å². The van der Waals surface area contributed by atoms with Gasteiger partial charge in [0.2, 0.25) is 0 Å². The molecular weight excluding hydrogens is 222 g/mol. The number of nitrogen functional groups attached to an aromatic ring is 1. The van der Waals surface area contributed by atoms with Gasteiger partial charge in [0, 0.05) is 18.0 Å². The number of carbonyl (C=O) groups is 2. The summed E-state index contributed by atoms with van der Waals surface area (Å²) in [7, 11) is 0. The number of anilines is 1.